The van der Waals surface area contributed by atoms with E-state index in [2.05, 4.69) is 211 Å². The van der Waals surface area contributed by atoms with Gasteiger partial charge in [-0.1, -0.05) is 161 Å². The summed E-state index contributed by atoms with van der Waals surface area (Å²) in [7, 11) is 0. The fourth-order valence-electron chi connectivity index (χ4n) is 9.22. The van der Waals surface area contributed by atoms with Crippen molar-refractivity contribution in [2.24, 2.45) is 0 Å². The molecule has 0 aliphatic rings. The molecule has 0 unspecified atom stereocenters. The second kappa shape index (κ2) is 14.1. The quantitative estimate of drug-likeness (QED) is 0.0735. The molecule has 282 valence electrons. The summed E-state index contributed by atoms with van der Waals surface area (Å²) in [5.41, 5.74) is 26.0. The molecule has 0 aliphatic heterocycles. The Kier molecular flexibility index (Phi) is 9.49. The van der Waals surface area contributed by atoms with Gasteiger partial charge in [-0.15, -0.1) is 4.79 Å². The summed E-state index contributed by atoms with van der Waals surface area (Å²) in [5.74, 6) is 3.20. The number of benzene rings is 8. The van der Waals surface area contributed by atoms with E-state index in [9.17, 15) is 5.53 Å². The van der Waals surface area contributed by atoms with E-state index >= 15 is 0 Å². The molecule has 0 aromatic heterocycles. The highest BCUT2D eigenvalue weighted by Crippen LogP contribution is 2.50. The Labute approximate surface area is 345 Å². The average Bonchev–Trinajstić information content (AvgIpc) is 3.15. The Morgan fingerprint density at radius 2 is 0.789 bits per heavy atom. The number of fused-ring (bicyclic) bond motifs is 4. The van der Waals surface area contributed by atoms with E-state index in [1.54, 1.807) is 0 Å². The zero-order chi connectivity index (χ0) is 40.6. The van der Waals surface area contributed by atoms with Crippen LogP contribution in [0.5, 0.6) is 0 Å². The minimum absolute atomic E-state index is 0.0305. The molecule has 0 N–H and O–H groups in total. The van der Waals surface area contributed by atoms with Gasteiger partial charge >= 0.3 is 5.87 Å². The molecule has 8 aromatic rings. The third-order valence-corrected chi connectivity index (χ3v) is 12.4. The topological polar surface area (TPSA) is 36.4 Å². The molecule has 0 aliphatic carbocycles. The van der Waals surface area contributed by atoms with Gasteiger partial charge in [-0.05, 0) is 149 Å². The molecular formula is C54H49BrN2. The molecule has 0 heterocycles. The lowest BCUT2D eigenvalue weighted by molar-refractivity contribution is 0.00842. The van der Waals surface area contributed by atoms with E-state index in [1.165, 1.54) is 55.6 Å². The molecule has 57 heavy (non-hydrogen) atoms. The first-order chi connectivity index (χ1) is 27.1. The van der Waals surface area contributed by atoms with Crippen LogP contribution in [0.15, 0.2) is 120 Å². The van der Waals surface area contributed by atoms with Gasteiger partial charge in [0.1, 0.15) is 5.57 Å². The van der Waals surface area contributed by atoms with Crippen LogP contribution < -0.4 is 0 Å². The van der Waals surface area contributed by atoms with Gasteiger partial charge in [0, 0.05) is 15.6 Å². The van der Waals surface area contributed by atoms with Gasteiger partial charge in [-0.2, -0.15) is 0 Å². The molecule has 8 rings (SSSR count). The van der Waals surface area contributed by atoms with Crippen LogP contribution in [0.1, 0.15) is 86.1 Å². The molecule has 0 radical (unpaired) electrons. The average molecular weight is 806 g/mol. The first kappa shape index (κ1) is 38.3. The standard InChI is InChI=1S/C54H49BrN2/c1-31-25-35(53(5,6)7)26-32(2)47(31)51-41-20-14-11-17-38(41)49(39-18-12-15-21-42(39)51)46(30-57-56)50-40-19-13-16-22-43(40)52(45-29-37(55)23-24-44(45)50)48-33(3)27-36(28-34(48)4)54(8,9)10/h11-29H,1-10H3. The largest absolute Gasteiger partial charge is 0.348 e. The summed E-state index contributed by atoms with van der Waals surface area (Å²) in [4.78, 5) is 3.72. The Morgan fingerprint density at radius 3 is 1.14 bits per heavy atom. The first-order valence-electron chi connectivity index (χ1n) is 19.9. The van der Waals surface area contributed by atoms with Crippen LogP contribution in [0.25, 0.3) is 76.4 Å². The van der Waals surface area contributed by atoms with E-state index in [1.807, 2.05) is 0 Å². The van der Waals surface area contributed by atoms with Gasteiger partial charge in [-0.25, -0.2) is 0 Å². The third-order valence-electron chi connectivity index (χ3n) is 11.9. The van der Waals surface area contributed by atoms with Crippen LogP contribution in [-0.4, -0.2) is 10.7 Å². The summed E-state index contributed by atoms with van der Waals surface area (Å²) >= 11 is 3.86. The van der Waals surface area contributed by atoms with Gasteiger partial charge in [0.25, 0.3) is 0 Å². The normalized spacial score (nSPS) is 12.1. The first-order valence-corrected chi connectivity index (χ1v) is 20.7. The van der Waals surface area contributed by atoms with Crippen molar-refractivity contribution in [3.8, 4) is 22.3 Å². The number of aryl methyl sites for hydroxylation is 4. The van der Waals surface area contributed by atoms with Crippen molar-refractivity contribution in [3.63, 3.8) is 0 Å². The fourth-order valence-corrected chi connectivity index (χ4v) is 9.59. The monoisotopic (exact) mass is 804 g/mol. The zero-order valence-electron chi connectivity index (χ0n) is 34.7. The number of nitrogens with zero attached hydrogens (tertiary/aromatic N) is 2. The van der Waals surface area contributed by atoms with E-state index in [4.69, 9.17) is 0 Å². The molecule has 0 amide bonds. The van der Waals surface area contributed by atoms with Crippen LogP contribution in [0.3, 0.4) is 0 Å². The summed E-state index contributed by atoms with van der Waals surface area (Å²) in [5, 5.41) is 8.87. The highest BCUT2D eigenvalue weighted by Gasteiger charge is 2.28. The minimum atomic E-state index is 0.0305. The molecule has 0 spiro atoms. The Balaban J connectivity index is 1.52. The molecule has 0 saturated heterocycles. The molecule has 0 saturated carbocycles. The molecule has 0 fully saturated rings. The lowest BCUT2D eigenvalue weighted by atomic mass is 9.77. The van der Waals surface area contributed by atoms with Crippen molar-refractivity contribution in [2.45, 2.75) is 80.1 Å². The van der Waals surface area contributed by atoms with Crippen molar-refractivity contribution >= 4 is 70.5 Å². The smallest absolute Gasteiger partial charge is 0.309 e. The van der Waals surface area contributed by atoms with Crippen molar-refractivity contribution in [3.05, 3.63) is 170 Å². The Hall–Kier alpha value is -5.56. The third kappa shape index (κ3) is 6.45. The summed E-state index contributed by atoms with van der Waals surface area (Å²) in [6.07, 6.45) is 0. The SMILES string of the molecule is Cc1cc(C(C)(C)C)cc(C)c1-c1c2ccccc2c(C(=C=[N+]=[N-])c2c3ccccc3c(-c3c(C)cc(C(C)(C)C)cc3C)c3cc(Br)ccc23)c2ccccc12. The van der Waals surface area contributed by atoms with Crippen molar-refractivity contribution in [1.29, 1.82) is 0 Å². The van der Waals surface area contributed by atoms with E-state index in [0.29, 0.717) is 0 Å². The van der Waals surface area contributed by atoms with Gasteiger partial charge in [0.15, 0.2) is 0 Å². The van der Waals surface area contributed by atoms with Crippen molar-refractivity contribution in [2.75, 3.05) is 0 Å². The van der Waals surface area contributed by atoms with Gasteiger partial charge in [0.2, 0.25) is 0 Å². The Bertz CT molecular complexity index is 2960. The van der Waals surface area contributed by atoms with E-state index in [-0.39, 0.29) is 10.8 Å². The molecule has 0 atom stereocenters. The number of hydrogen-bond acceptors (Lipinski definition) is 0. The summed E-state index contributed by atoms with van der Waals surface area (Å²) in [6.45, 7) is 22.6. The predicted octanol–water partition coefficient (Wildman–Crippen LogP) is 15.6. The second-order valence-electron chi connectivity index (χ2n) is 17.9. The summed E-state index contributed by atoms with van der Waals surface area (Å²) < 4.78 is 1.00. The lowest BCUT2D eigenvalue weighted by Crippen LogP contribution is -2.12. The lowest BCUT2D eigenvalue weighted by Gasteiger charge is -2.25. The van der Waals surface area contributed by atoms with Crippen LogP contribution in [0.2, 0.25) is 0 Å². The van der Waals surface area contributed by atoms with Crippen LogP contribution in [0, 0.1) is 27.7 Å². The molecule has 3 heteroatoms. The van der Waals surface area contributed by atoms with Crippen LogP contribution in [0.4, 0.5) is 0 Å². The van der Waals surface area contributed by atoms with Gasteiger partial charge < -0.3 is 5.53 Å². The molecule has 0 bridgehead atoms. The highest BCUT2D eigenvalue weighted by molar-refractivity contribution is 9.10. The maximum Gasteiger partial charge on any atom is 0.309 e. The number of rotatable bonds is 4. The molecule has 2 nitrogen and oxygen atoms in total. The Morgan fingerprint density at radius 1 is 0.456 bits per heavy atom. The zero-order valence-corrected chi connectivity index (χ0v) is 36.3. The number of hydrogen-bond donors (Lipinski definition) is 0. The van der Waals surface area contributed by atoms with Crippen molar-refractivity contribution < 1.29 is 4.79 Å². The minimum Gasteiger partial charge on any atom is -0.348 e. The predicted molar refractivity (Wildman–Crippen MR) is 249 cm³/mol. The maximum atomic E-state index is 10.6. The number of halogens is 1. The van der Waals surface area contributed by atoms with Crippen LogP contribution >= 0.6 is 15.9 Å². The van der Waals surface area contributed by atoms with E-state index in [0.717, 1.165) is 64.3 Å². The highest BCUT2D eigenvalue weighted by atomic mass is 79.9. The van der Waals surface area contributed by atoms with Crippen molar-refractivity contribution in [1.82, 2.24) is 0 Å². The van der Waals surface area contributed by atoms with Gasteiger partial charge in [-0.3, -0.25) is 0 Å². The maximum absolute atomic E-state index is 10.6. The van der Waals surface area contributed by atoms with Crippen LogP contribution in [-0.2, 0) is 10.8 Å². The van der Waals surface area contributed by atoms with Gasteiger partial charge in [0.05, 0.1) is 0 Å². The fraction of sp³-hybridized carbons (Fsp3) is 0.222. The summed E-state index contributed by atoms with van der Waals surface area (Å²) in [6, 6.07) is 42.1. The second-order valence-corrected chi connectivity index (χ2v) is 18.8. The molecular weight excluding hydrogens is 757 g/mol. The molecule has 8 aromatic carbocycles. The van der Waals surface area contributed by atoms with E-state index < -0.39 is 0 Å².